The van der Waals surface area contributed by atoms with Crippen molar-refractivity contribution in [3.8, 4) is 0 Å². The Morgan fingerprint density at radius 3 is 2.57 bits per heavy atom. The summed E-state index contributed by atoms with van der Waals surface area (Å²) in [6.07, 6.45) is 3.48. The Morgan fingerprint density at radius 2 is 2.00 bits per heavy atom. The molecule has 1 fully saturated rings. The highest BCUT2D eigenvalue weighted by molar-refractivity contribution is 5.69. The lowest BCUT2D eigenvalue weighted by Gasteiger charge is -2.33. The van der Waals surface area contributed by atoms with Crippen molar-refractivity contribution in [2.45, 2.75) is 25.7 Å². The van der Waals surface area contributed by atoms with Crippen molar-refractivity contribution in [1.82, 2.24) is 9.88 Å². The lowest BCUT2D eigenvalue weighted by molar-refractivity contribution is -0.0221. The smallest absolute Gasteiger partial charge is 0.412 e. The molecule has 3 rings (SSSR count). The van der Waals surface area contributed by atoms with Crippen molar-refractivity contribution >= 4 is 17.6 Å². The summed E-state index contributed by atoms with van der Waals surface area (Å²) in [5.74, 6) is -1.87. The number of hydrogen-bond acceptors (Lipinski definition) is 4. The van der Waals surface area contributed by atoms with Gasteiger partial charge in [0.25, 0.3) is 5.92 Å². The van der Waals surface area contributed by atoms with Gasteiger partial charge < -0.3 is 14.9 Å². The summed E-state index contributed by atoms with van der Waals surface area (Å²) < 4.78 is 26.5. The number of aryl methyl sites for hydroxylation is 1. The van der Waals surface area contributed by atoms with Crippen LogP contribution >= 0.6 is 0 Å². The Hall–Kier alpha value is -2.38. The second-order valence-corrected chi connectivity index (χ2v) is 5.84. The van der Waals surface area contributed by atoms with E-state index in [1.165, 1.54) is 6.20 Å². The number of hydrogen-bond donors (Lipinski definition) is 1. The molecule has 0 bridgehead atoms. The van der Waals surface area contributed by atoms with E-state index in [0.29, 0.717) is 5.82 Å². The minimum atomic E-state index is -2.58. The number of carboxylic acid groups (broad SMARTS) is 1. The number of pyridine rings is 1. The number of carbonyl (C=O) groups is 1. The van der Waals surface area contributed by atoms with E-state index in [-0.39, 0.29) is 32.6 Å². The zero-order valence-electron chi connectivity index (χ0n) is 12.7. The molecule has 0 saturated carbocycles. The van der Waals surface area contributed by atoms with E-state index < -0.39 is 12.0 Å². The average molecular weight is 324 g/mol. The van der Waals surface area contributed by atoms with Crippen LogP contribution in [0.15, 0.2) is 24.7 Å². The van der Waals surface area contributed by atoms with Gasteiger partial charge in [0.05, 0.1) is 11.9 Å². The first kappa shape index (κ1) is 15.5. The topological polar surface area (TPSA) is 59.9 Å². The molecule has 0 aliphatic carbocycles. The molecule has 2 aliphatic rings. The zero-order chi connectivity index (χ0) is 16.6. The normalized spacial score (nSPS) is 20.2. The highest BCUT2D eigenvalue weighted by Crippen LogP contribution is 2.32. The number of amides is 1. The Balaban J connectivity index is 1.72. The molecular weight excluding hydrogens is 306 g/mol. The SMILES string of the molecule is Cc1cc(N2C=CN(C(=O)O)C2)cnc1N1CCC(F)(F)CC1. The van der Waals surface area contributed by atoms with Crippen LogP contribution < -0.4 is 9.80 Å². The van der Waals surface area contributed by atoms with Crippen LogP contribution in [-0.4, -0.2) is 46.8 Å². The third-order valence-corrected chi connectivity index (χ3v) is 4.14. The molecule has 0 radical (unpaired) electrons. The molecule has 1 saturated heterocycles. The van der Waals surface area contributed by atoms with Gasteiger partial charge in [0, 0.05) is 38.3 Å². The Kier molecular flexibility index (Phi) is 3.83. The van der Waals surface area contributed by atoms with Gasteiger partial charge in [0.1, 0.15) is 12.5 Å². The fourth-order valence-corrected chi connectivity index (χ4v) is 2.80. The van der Waals surface area contributed by atoms with Crippen LogP contribution in [0.3, 0.4) is 0 Å². The molecule has 1 aromatic rings. The molecule has 1 N–H and O–H groups in total. The summed E-state index contributed by atoms with van der Waals surface area (Å²) in [4.78, 5) is 20.1. The van der Waals surface area contributed by atoms with Gasteiger partial charge in [-0.1, -0.05) is 0 Å². The Morgan fingerprint density at radius 1 is 1.30 bits per heavy atom. The fourth-order valence-electron chi connectivity index (χ4n) is 2.80. The first-order chi connectivity index (χ1) is 10.9. The van der Waals surface area contributed by atoms with Crippen LogP contribution in [0.5, 0.6) is 0 Å². The summed E-state index contributed by atoms with van der Waals surface area (Å²) >= 11 is 0. The second-order valence-electron chi connectivity index (χ2n) is 5.84. The summed E-state index contributed by atoms with van der Waals surface area (Å²) in [7, 11) is 0. The number of halogens is 2. The lowest BCUT2D eigenvalue weighted by Crippen LogP contribution is -2.40. The van der Waals surface area contributed by atoms with Gasteiger partial charge in [-0.3, -0.25) is 4.90 Å². The summed E-state index contributed by atoms with van der Waals surface area (Å²) in [5.41, 5.74) is 1.66. The molecule has 0 atom stereocenters. The number of aromatic nitrogens is 1. The van der Waals surface area contributed by atoms with E-state index in [1.807, 2.05) is 17.9 Å². The summed E-state index contributed by atoms with van der Waals surface area (Å²) in [5, 5.41) is 8.95. The van der Waals surface area contributed by atoms with Crippen molar-refractivity contribution in [2.75, 3.05) is 29.6 Å². The standard InChI is InChI=1S/C15H18F2N4O2/c1-11-8-12(20-6-7-21(10-20)14(22)23)9-18-13(11)19-4-2-15(16,17)3-5-19/h6-9H,2-5,10H2,1H3,(H,22,23). The molecule has 0 unspecified atom stereocenters. The maximum Gasteiger partial charge on any atom is 0.412 e. The van der Waals surface area contributed by atoms with E-state index in [1.54, 1.807) is 17.3 Å². The van der Waals surface area contributed by atoms with Gasteiger partial charge in [-0.15, -0.1) is 0 Å². The van der Waals surface area contributed by atoms with E-state index in [9.17, 15) is 13.6 Å². The van der Waals surface area contributed by atoms with Crippen LogP contribution in [0.1, 0.15) is 18.4 Å². The predicted octanol–water partition coefficient (Wildman–Crippen LogP) is 2.85. The molecule has 3 heterocycles. The van der Waals surface area contributed by atoms with E-state index in [2.05, 4.69) is 4.98 Å². The van der Waals surface area contributed by atoms with Gasteiger partial charge in [0.15, 0.2) is 0 Å². The first-order valence-corrected chi connectivity index (χ1v) is 7.40. The molecule has 124 valence electrons. The monoisotopic (exact) mass is 324 g/mol. The minimum absolute atomic E-state index is 0.154. The molecule has 8 heteroatoms. The Bertz CT molecular complexity index is 640. The van der Waals surface area contributed by atoms with Gasteiger partial charge in [-0.25, -0.2) is 18.6 Å². The molecule has 1 aromatic heterocycles. The molecule has 6 nitrogen and oxygen atoms in total. The molecule has 1 amide bonds. The fraction of sp³-hybridized carbons (Fsp3) is 0.467. The number of piperidine rings is 1. The van der Waals surface area contributed by atoms with Crippen molar-refractivity contribution in [2.24, 2.45) is 0 Å². The average Bonchev–Trinajstić information content (AvgIpc) is 2.98. The lowest BCUT2D eigenvalue weighted by atomic mass is 10.1. The highest BCUT2D eigenvalue weighted by Gasteiger charge is 2.34. The first-order valence-electron chi connectivity index (χ1n) is 7.40. The number of alkyl halides is 2. The van der Waals surface area contributed by atoms with Crippen molar-refractivity contribution in [3.05, 3.63) is 30.2 Å². The molecule has 23 heavy (non-hydrogen) atoms. The maximum atomic E-state index is 13.3. The van der Waals surface area contributed by atoms with Crippen molar-refractivity contribution < 1.29 is 18.7 Å². The largest absolute Gasteiger partial charge is 0.465 e. The molecular formula is C15H18F2N4O2. The quantitative estimate of drug-likeness (QED) is 0.906. The van der Waals surface area contributed by atoms with Gasteiger partial charge in [0.2, 0.25) is 0 Å². The summed E-state index contributed by atoms with van der Waals surface area (Å²) in [6, 6.07) is 1.89. The number of rotatable bonds is 2. The van der Waals surface area contributed by atoms with E-state index in [0.717, 1.165) is 16.2 Å². The van der Waals surface area contributed by atoms with Crippen molar-refractivity contribution in [3.63, 3.8) is 0 Å². The highest BCUT2D eigenvalue weighted by atomic mass is 19.3. The Labute approximate surface area is 132 Å². The third-order valence-electron chi connectivity index (χ3n) is 4.14. The van der Waals surface area contributed by atoms with Crippen LogP contribution in [0.4, 0.5) is 25.1 Å². The molecule has 2 aliphatic heterocycles. The second kappa shape index (κ2) is 5.68. The number of anilines is 2. The van der Waals surface area contributed by atoms with Gasteiger partial charge >= 0.3 is 6.09 Å². The van der Waals surface area contributed by atoms with Crippen molar-refractivity contribution in [1.29, 1.82) is 0 Å². The molecule has 0 spiro atoms. The van der Waals surface area contributed by atoms with Crippen LogP contribution in [0.2, 0.25) is 0 Å². The van der Waals surface area contributed by atoms with Crippen LogP contribution in [0.25, 0.3) is 0 Å². The summed E-state index contributed by atoms with van der Waals surface area (Å²) in [6.45, 7) is 2.67. The predicted molar refractivity (Wildman–Crippen MR) is 81.7 cm³/mol. The molecule has 0 aromatic carbocycles. The maximum absolute atomic E-state index is 13.3. The third kappa shape index (κ3) is 3.20. The van der Waals surface area contributed by atoms with Gasteiger partial charge in [-0.05, 0) is 18.6 Å². The van der Waals surface area contributed by atoms with E-state index in [4.69, 9.17) is 5.11 Å². The zero-order valence-corrected chi connectivity index (χ0v) is 12.7. The van der Waals surface area contributed by atoms with Gasteiger partial charge in [-0.2, -0.15) is 0 Å². The van der Waals surface area contributed by atoms with E-state index >= 15 is 0 Å². The van der Waals surface area contributed by atoms with Crippen LogP contribution in [-0.2, 0) is 0 Å². The van der Waals surface area contributed by atoms with Crippen LogP contribution in [0, 0.1) is 6.92 Å². The number of nitrogens with zero attached hydrogens (tertiary/aromatic N) is 4. The minimum Gasteiger partial charge on any atom is -0.465 e.